The summed E-state index contributed by atoms with van der Waals surface area (Å²) in [5, 5.41) is 14.0. The van der Waals surface area contributed by atoms with Crippen molar-refractivity contribution in [2.75, 3.05) is 32.7 Å². The van der Waals surface area contributed by atoms with Gasteiger partial charge in [0.2, 0.25) is 0 Å². The van der Waals surface area contributed by atoms with Crippen LogP contribution in [0.3, 0.4) is 0 Å². The molecule has 1 aliphatic heterocycles. The Bertz CT molecular complexity index is 628. The molecule has 5 rings (SSSR count). The normalized spacial score (nSPS) is 50.4. The molecular weight excluding hydrogens is 360 g/mol. The van der Waals surface area contributed by atoms with Crippen LogP contribution in [0, 0.1) is 40.9 Å². The van der Waals surface area contributed by atoms with Crippen LogP contribution in [-0.2, 0) is 4.79 Å². The smallest absolute Gasteiger partial charge is 0.150 e. The summed E-state index contributed by atoms with van der Waals surface area (Å²) in [7, 11) is 0. The van der Waals surface area contributed by atoms with E-state index in [2.05, 4.69) is 24.1 Å². The Morgan fingerprint density at radius 1 is 0.966 bits per heavy atom. The summed E-state index contributed by atoms with van der Waals surface area (Å²) >= 11 is 0. The molecule has 0 amide bonds. The quantitative estimate of drug-likeness (QED) is 0.759. The third-order valence-electron chi connectivity index (χ3n) is 10.2. The lowest BCUT2D eigenvalue weighted by atomic mass is 9.49. The highest BCUT2D eigenvalue weighted by Gasteiger charge is 2.58. The molecule has 1 heterocycles. The number of fused-ring (bicyclic) bond motifs is 5. The van der Waals surface area contributed by atoms with Crippen LogP contribution < -0.4 is 5.32 Å². The molecule has 4 saturated carbocycles. The van der Waals surface area contributed by atoms with E-state index < -0.39 is 5.60 Å². The van der Waals surface area contributed by atoms with E-state index in [-0.39, 0.29) is 5.41 Å². The Kier molecular flexibility index (Phi) is 5.36. The molecule has 0 aromatic rings. The number of hydrogen-bond donors (Lipinski definition) is 2. The largest absolute Gasteiger partial charge is 0.390 e. The first-order valence-corrected chi connectivity index (χ1v) is 12.6. The highest BCUT2D eigenvalue weighted by molar-refractivity contribution is 5.84. The van der Waals surface area contributed by atoms with Crippen LogP contribution in [-0.4, -0.2) is 54.1 Å². The van der Waals surface area contributed by atoms with E-state index in [9.17, 15) is 9.90 Å². The molecule has 4 nitrogen and oxygen atoms in total. The van der Waals surface area contributed by atoms with Gasteiger partial charge in [-0.25, -0.2) is 0 Å². The fourth-order valence-electron chi connectivity index (χ4n) is 8.81. The molecule has 2 N–H and O–H groups in total. The molecule has 29 heavy (non-hydrogen) atoms. The number of rotatable bonds is 3. The third kappa shape index (κ3) is 3.61. The number of carbonyl (C=O) groups excluding carboxylic acids is 1. The van der Waals surface area contributed by atoms with Gasteiger partial charge in [-0.3, -0.25) is 9.69 Å². The maximum Gasteiger partial charge on any atom is 0.150 e. The van der Waals surface area contributed by atoms with Gasteiger partial charge in [0.05, 0.1) is 12.1 Å². The van der Waals surface area contributed by atoms with Gasteiger partial charge < -0.3 is 10.4 Å². The van der Waals surface area contributed by atoms with E-state index >= 15 is 0 Å². The minimum absolute atomic E-state index is 0.249. The Morgan fingerprint density at radius 3 is 2.52 bits per heavy atom. The number of piperazine rings is 1. The standard InChI is InChI=1S/C25H42N2O2/c1-24(29)9-7-18-17(15-24)3-4-20-19(18)8-10-25(2)21(20)5-6-22(25)23(28)16-27-13-11-26-12-14-27/h17-22,26,29H,3-16H2,1-2H3/t17-,18+,19-,20-,21+,22-,24-,25+/m1/s1. The molecule has 0 spiro atoms. The number of hydrogen-bond acceptors (Lipinski definition) is 4. The third-order valence-corrected chi connectivity index (χ3v) is 10.2. The second kappa shape index (κ2) is 7.60. The number of ketones is 1. The summed E-state index contributed by atoms with van der Waals surface area (Å²) in [6.07, 6.45) is 10.9. The summed E-state index contributed by atoms with van der Waals surface area (Å²) in [6, 6.07) is 0. The van der Waals surface area contributed by atoms with Gasteiger partial charge >= 0.3 is 0 Å². The van der Waals surface area contributed by atoms with E-state index in [0.29, 0.717) is 18.2 Å². The molecule has 4 aliphatic carbocycles. The Morgan fingerprint density at radius 2 is 1.72 bits per heavy atom. The van der Waals surface area contributed by atoms with Crippen LogP contribution in [0.4, 0.5) is 0 Å². The van der Waals surface area contributed by atoms with Crippen molar-refractivity contribution in [1.29, 1.82) is 0 Å². The van der Waals surface area contributed by atoms with E-state index in [1.165, 1.54) is 38.5 Å². The summed E-state index contributed by atoms with van der Waals surface area (Å²) in [6.45, 7) is 9.32. The first-order chi connectivity index (χ1) is 13.9. The average Bonchev–Trinajstić information content (AvgIpc) is 3.05. The maximum atomic E-state index is 13.3. The molecule has 0 aromatic heterocycles. The van der Waals surface area contributed by atoms with Crippen molar-refractivity contribution < 1.29 is 9.90 Å². The van der Waals surface area contributed by atoms with Crippen LogP contribution in [0.15, 0.2) is 0 Å². The van der Waals surface area contributed by atoms with Crippen LogP contribution in [0.2, 0.25) is 0 Å². The van der Waals surface area contributed by atoms with Crippen LogP contribution >= 0.6 is 0 Å². The van der Waals surface area contributed by atoms with Crippen molar-refractivity contribution in [2.24, 2.45) is 40.9 Å². The van der Waals surface area contributed by atoms with Gasteiger partial charge in [-0.2, -0.15) is 0 Å². The van der Waals surface area contributed by atoms with Gasteiger partial charge in [0.1, 0.15) is 5.78 Å². The van der Waals surface area contributed by atoms with Gasteiger partial charge in [0.25, 0.3) is 0 Å². The molecule has 0 aromatic carbocycles. The molecule has 1 saturated heterocycles. The van der Waals surface area contributed by atoms with E-state index in [1.54, 1.807) is 0 Å². The molecule has 5 fully saturated rings. The number of aliphatic hydroxyl groups is 1. The van der Waals surface area contributed by atoms with Crippen LogP contribution in [0.1, 0.15) is 71.6 Å². The first kappa shape index (κ1) is 20.5. The minimum atomic E-state index is -0.425. The zero-order valence-corrected chi connectivity index (χ0v) is 18.7. The zero-order valence-electron chi connectivity index (χ0n) is 18.7. The molecule has 8 atom stereocenters. The van der Waals surface area contributed by atoms with Gasteiger partial charge in [-0.05, 0) is 99.7 Å². The molecule has 0 unspecified atom stereocenters. The summed E-state index contributed by atoms with van der Waals surface area (Å²) in [5.41, 5.74) is -0.175. The van der Waals surface area contributed by atoms with Crippen molar-refractivity contribution in [1.82, 2.24) is 10.2 Å². The van der Waals surface area contributed by atoms with Crippen molar-refractivity contribution in [3.63, 3.8) is 0 Å². The summed E-state index contributed by atoms with van der Waals surface area (Å²) < 4.78 is 0. The number of Topliss-reactive ketones (excluding diaryl/α,β-unsaturated/α-hetero) is 1. The summed E-state index contributed by atoms with van der Waals surface area (Å²) in [4.78, 5) is 15.7. The van der Waals surface area contributed by atoms with Crippen LogP contribution in [0.25, 0.3) is 0 Å². The van der Waals surface area contributed by atoms with Crippen molar-refractivity contribution in [3.05, 3.63) is 0 Å². The number of nitrogens with zero attached hydrogens (tertiary/aromatic N) is 1. The summed E-state index contributed by atoms with van der Waals surface area (Å²) in [5.74, 6) is 4.90. The fourth-order valence-corrected chi connectivity index (χ4v) is 8.81. The molecule has 164 valence electrons. The molecule has 0 radical (unpaired) electrons. The van der Waals surface area contributed by atoms with Crippen molar-refractivity contribution >= 4 is 5.78 Å². The van der Waals surface area contributed by atoms with E-state index in [4.69, 9.17) is 0 Å². The van der Waals surface area contributed by atoms with Crippen molar-refractivity contribution in [2.45, 2.75) is 77.2 Å². The Balaban J connectivity index is 1.28. The highest BCUT2D eigenvalue weighted by atomic mass is 16.3. The Labute approximate surface area is 177 Å². The van der Waals surface area contributed by atoms with E-state index in [0.717, 1.165) is 75.0 Å². The predicted molar refractivity (Wildman–Crippen MR) is 116 cm³/mol. The second-order valence-corrected chi connectivity index (χ2v) is 11.8. The highest BCUT2D eigenvalue weighted by Crippen LogP contribution is 2.64. The first-order valence-electron chi connectivity index (χ1n) is 12.6. The molecule has 0 bridgehead atoms. The average molecular weight is 403 g/mol. The number of carbonyl (C=O) groups is 1. The zero-order chi connectivity index (χ0) is 20.2. The SMILES string of the molecule is C[C@@]1(O)CC[C@H]2[C@H](CC[C@@H]3[C@@H]2CC[C@]2(C)[C@@H](C(=O)CN4CCNCC4)CC[C@@H]32)C1. The monoisotopic (exact) mass is 402 g/mol. The fraction of sp³-hybridized carbons (Fsp3) is 0.960. The van der Waals surface area contributed by atoms with Gasteiger partial charge in [-0.1, -0.05) is 6.92 Å². The van der Waals surface area contributed by atoms with E-state index in [1.807, 2.05) is 0 Å². The van der Waals surface area contributed by atoms with Gasteiger partial charge in [-0.15, -0.1) is 0 Å². The minimum Gasteiger partial charge on any atom is -0.390 e. The second-order valence-electron chi connectivity index (χ2n) is 11.8. The van der Waals surface area contributed by atoms with Gasteiger partial charge in [0.15, 0.2) is 0 Å². The molecular formula is C25H42N2O2. The topological polar surface area (TPSA) is 52.6 Å². The maximum absolute atomic E-state index is 13.3. The lowest BCUT2D eigenvalue weighted by Gasteiger charge is -2.57. The van der Waals surface area contributed by atoms with Gasteiger partial charge in [0, 0.05) is 32.1 Å². The number of nitrogens with one attached hydrogen (secondary N) is 1. The van der Waals surface area contributed by atoms with Crippen molar-refractivity contribution in [3.8, 4) is 0 Å². The van der Waals surface area contributed by atoms with Crippen LogP contribution in [0.5, 0.6) is 0 Å². The predicted octanol–water partition coefficient (Wildman–Crippen LogP) is 3.48. The molecule has 5 aliphatic rings. The Hall–Kier alpha value is -0.450. The molecule has 4 heteroatoms. The lowest BCUT2D eigenvalue weighted by molar-refractivity contribution is -0.133. The lowest BCUT2D eigenvalue weighted by Crippen LogP contribution is -2.52.